The maximum Gasteiger partial charge on any atom is 0.251 e. The first-order chi connectivity index (χ1) is 9.38. The zero-order valence-electron chi connectivity index (χ0n) is 12.7. The number of aryl methyl sites for hydroxylation is 1. The van der Waals surface area contributed by atoms with Crippen molar-refractivity contribution in [1.82, 2.24) is 10.6 Å². The minimum atomic E-state index is -0.137. The Morgan fingerprint density at radius 1 is 1.10 bits per heavy atom. The van der Waals surface area contributed by atoms with Crippen molar-refractivity contribution in [2.75, 3.05) is 20.2 Å². The largest absolute Gasteiger partial charge is 0.496 e. The molecule has 1 aromatic rings. The van der Waals surface area contributed by atoms with E-state index in [2.05, 4.69) is 10.6 Å². The zero-order valence-corrected chi connectivity index (χ0v) is 12.7. The van der Waals surface area contributed by atoms with E-state index in [9.17, 15) is 9.59 Å². The normalized spacial score (nSPS) is 10.1. The van der Waals surface area contributed by atoms with Gasteiger partial charge in [-0.25, -0.2) is 0 Å². The predicted molar refractivity (Wildman–Crippen MR) is 78.2 cm³/mol. The molecule has 2 amide bonds. The lowest BCUT2D eigenvalue weighted by Gasteiger charge is -2.15. The second-order valence-electron chi connectivity index (χ2n) is 4.76. The summed E-state index contributed by atoms with van der Waals surface area (Å²) in [6, 6.07) is 1.83. The van der Waals surface area contributed by atoms with Crippen LogP contribution in [0.2, 0.25) is 0 Å². The smallest absolute Gasteiger partial charge is 0.251 e. The van der Waals surface area contributed by atoms with Gasteiger partial charge in [0, 0.05) is 25.6 Å². The van der Waals surface area contributed by atoms with Gasteiger partial charge in [-0.2, -0.15) is 0 Å². The van der Waals surface area contributed by atoms with Crippen LogP contribution in [0, 0.1) is 20.8 Å². The molecule has 0 saturated heterocycles. The van der Waals surface area contributed by atoms with Crippen LogP contribution in [0.3, 0.4) is 0 Å². The van der Waals surface area contributed by atoms with Gasteiger partial charge in [0.2, 0.25) is 5.91 Å². The van der Waals surface area contributed by atoms with Gasteiger partial charge in [-0.3, -0.25) is 9.59 Å². The van der Waals surface area contributed by atoms with Crippen molar-refractivity contribution in [3.05, 3.63) is 28.3 Å². The number of ether oxygens (including phenoxy) is 1. The van der Waals surface area contributed by atoms with Gasteiger partial charge in [-0.15, -0.1) is 0 Å². The van der Waals surface area contributed by atoms with Crippen LogP contribution in [0.1, 0.15) is 34.0 Å². The molecule has 0 saturated carbocycles. The number of carbonyl (C=O) groups excluding carboxylic acids is 2. The van der Waals surface area contributed by atoms with Crippen molar-refractivity contribution in [3.63, 3.8) is 0 Å². The molecule has 0 heterocycles. The highest BCUT2D eigenvalue weighted by atomic mass is 16.5. The molecule has 5 nitrogen and oxygen atoms in total. The van der Waals surface area contributed by atoms with Crippen LogP contribution in [-0.4, -0.2) is 32.0 Å². The molecule has 20 heavy (non-hydrogen) atoms. The van der Waals surface area contributed by atoms with E-state index in [4.69, 9.17) is 4.74 Å². The minimum Gasteiger partial charge on any atom is -0.496 e. The Balaban J connectivity index is 2.81. The summed E-state index contributed by atoms with van der Waals surface area (Å²) in [5.74, 6) is 0.575. The van der Waals surface area contributed by atoms with Crippen LogP contribution in [0.4, 0.5) is 0 Å². The molecule has 0 radical (unpaired) electrons. The highest BCUT2D eigenvalue weighted by molar-refractivity contribution is 5.96. The molecular formula is C15H22N2O3. The highest BCUT2D eigenvalue weighted by Gasteiger charge is 2.15. The van der Waals surface area contributed by atoms with Gasteiger partial charge in [0.1, 0.15) is 5.75 Å². The Morgan fingerprint density at radius 3 is 2.25 bits per heavy atom. The van der Waals surface area contributed by atoms with E-state index in [1.54, 1.807) is 7.11 Å². The Morgan fingerprint density at radius 2 is 1.70 bits per heavy atom. The lowest BCUT2D eigenvalue weighted by atomic mass is 9.98. The third-order valence-corrected chi connectivity index (χ3v) is 3.26. The summed E-state index contributed by atoms with van der Waals surface area (Å²) in [4.78, 5) is 22.9. The molecule has 0 aliphatic heterocycles. The minimum absolute atomic E-state index is 0.105. The van der Waals surface area contributed by atoms with Crippen LogP contribution in [0.15, 0.2) is 6.07 Å². The Labute approximate surface area is 119 Å². The molecule has 0 aliphatic rings. The molecule has 0 unspecified atom stereocenters. The third-order valence-electron chi connectivity index (χ3n) is 3.26. The maximum atomic E-state index is 12.1. The second kappa shape index (κ2) is 6.93. The number of hydrogen-bond donors (Lipinski definition) is 2. The van der Waals surface area contributed by atoms with Crippen molar-refractivity contribution in [1.29, 1.82) is 0 Å². The summed E-state index contributed by atoms with van der Waals surface area (Å²) in [5.41, 5.74) is 3.45. The fourth-order valence-electron chi connectivity index (χ4n) is 2.12. The second-order valence-corrected chi connectivity index (χ2v) is 4.76. The van der Waals surface area contributed by atoms with Gasteiger partial charge in [0.15, 0.2) is 0 Å². The van der Waals surface area contributed by atoms with Crippen molar-refractivity contribution < 1.29 is 14.3 Å². The molecular weight excluding hydrogens is 256 g/mol. The monoisotopic (exact) mass is 278 g/mol. The molecule has 1 aromatic carbocycles. The lowest BCUT2D eigenvalue weighted by Crippen LogP contribution is -2.34. The Kier molecular flexibility index (Phi) is 5.55. The number of methoxy groups -OCH3 is 1. The molecule has 0 atom stereocenters. The van der Waals surface area contributed by atoms with Crippen LogP contribution >= 0.6 is 0 Å². The predicted octanol–water partition coefficient (Wildman–Crippen LogP) is 1.49. The van der Waals surface area contributed by atoms with Crippen LogP contribution < -0.4 is 15.4 Å². The van der Waals surface area contributed by atoms with Gasteiger partial charge in [0.05, 0.1) is 7.11 Å². The van der Waals surface area contributed by atoms with Crippen molar-refractivity contribution >= 4 is 11.8 Å². The summed E-state index contributed by atoms with van der Waals surface area (Å²) < 4.78 is 5.34. The van der Waals surface area contributed by atoms with Crippen molar-refractivity contribution in [2.24, 2.45) is 0 Å². The summed E-state index contributed by atoms with van der Waals surface area (Å²) in [7, 11) is 1.63. The molecule has 2 N–H and O–H groups in total. The fraction of sp³-hybridized carbons (Fsp3) is 0.467. The van der Waals surface area contributed by atoms with Gasteiger partial charge >= 0.3 is 0 Å². The molecule has 5 heteroatoms. The van der Waals surface area contributed by atoms with Crippen molar-refractivity contribution in [2.45, 2.75) is 27.7 Å². The van der Waals surface area contributed by atoms with Crippen LogP contribution in [0.25, 0.3) is 0 Å². The average Bonchev–Trinajstić information content (AvgIpc) is 2.39. The number of amides is 2. The Hall–Kier alpha value is -2.04. The number of rotatable bonds is 5. The summed E-state index contributed by atoms with van der Waals surface area (Å²) in [6.07, 6.45) is 0. The molecule has 110 valence electrons. The fourth-order valence-corrected chi connectivity index (χ4v) is 2.12. The topological polar surface area (TPSA) is 67.4 Å². The molecule has 1 rings (SSSR count). The first-order valence-corrected chi connectivity index (χ1v) is 6.56. The number of carbonyl (C=O) groups is 2. The zero-order chi connectivity index (χ0) is 15.3. The Bertz CT molecular complexity index is 524. The summed E-state index contributed by atoms with van der Waals surface area (Å²) in [5, 5.41) is 5.43. The molecule has 0 aliphatic carbocycles. The average molecular weight is 278 g/mol. The van der Waals surface area contributed by atoms with Crippen LogP contribution in [0.5, 0.6) is 5.75 Å². The van der Waals surface area contributed by atoms with E-state index in [0.717, 1.165) is 22.4 Å². The number of hydrogen-bond acceptors (Lipinski definition) is 3. The number of nitrogens with one attached hydrogen (secondary N) is 2. The molecule has 0 fully saturated rings. The van der Waals surface area contributed by atoms with E-state index >= 15 is 0 Å². The van der Waals surface area contributed by atoms with E-state index in [-0.39, 0.29) is 11.8 Å². The lowest BCUT2D eigenvalue weighted by molar-refractivity contribution is -0.118. The first kappa shape index (κ1) is 16.0. The van der Waals surface area contributed by atoms with E-state index in [1.165, 1.54) is 6.92 Å². The summed E-state index contributed by atoms with van der Waals surface area (Å²) >= 11 is 0. The number of benzene rings is 1. The maximum absolute atomic E-state index is 12.1. The van der Waals surface area contributed by atoms with E-state index in [0.29, 0.717) is 18.7 Å². The molecule has 0 spiro atoms. The van der Waals surface area contributed by atoms with Gasteiger partial charge in [-0.1, -0.05) is 0 Å². The van der Waals surface area contributed by atoms with Crippen molar-refractivity contribution in [3.8, 4) is 5.75 Å². The standard InChI is InChI=1S/C15H22N2O3/c1-9-8-13(10(2)11(3)14(9)20-5)15(19)17-7-6-16-12(4)18/h8H,6-7H2,1-5H3,(H,16,18)(H,17,19). The van der Waals surface area contributed by atoms with E-state index in [1.807, 2.05) is 26.8 Å². The van der Waals surface area contributed by atoms with Crippen LogP contribution in [-0.2, 0) is 4.79 Å². The van der Waals surface area contributed by atoms with Gasteiger partial charge < -0.3 is 15.4 Å². The quantitative estimate of drug-likeness (QED) is 0.802. The first-order valence-electron chi connectivity index (χ1n) is 6.56. The SMILES string of the molecule is COc1c(C)cc(C(=O)NCCNC(C)=O)c(C)c1C. The highest BCUT2D eigenvalue weighted by Crippen LogP contribution is 2.28. The molecule has 0 aromatic heterocycles. The third kappa shape index (κ3) is 3.73. The molecule has 0 bridgehead atoms. The van der Waals surface area contributed by atoms with Gasteiger partial charge in [-0.05, 0) is 43.5 Å². The summed E-state index contributed by atoms with van der Waals surface area (Å²) in [6.45, 7) is 8.03. The van der Waals surface area contributed by atoms with Gasteiger partial charge in [0.25, 0.3) is 5.91 Å². The van der Waals surface area contributed by atoms with E-state index < -0.39 is 0 Å².